The predicted molar refractivity (Wildman–Crippen MR) is 218 cm³/mol. The van der Waals surface area contributed by atoms with Crippen LogP contribution in [0.2, 0.25) is 18.1 Å². The Balaban J connectivity index is 2.33. The van der Waals surface area contributed by atoms with E-state index >= 15 is 0 Å². The molecule has 1 aromatic rings. The van der Waals surface area contributed by atoms with E-state index in [0.29, 0.717) is 13.2 Å². The van der Waals surface area contributed by atoms with Crippen molar-refractivity contribution in [3.05, 3.63) is 78.9 Å². The highest BCUT2D eigenvalue weighted by atomic mass is 28.4. The molecule has 0 unspecified atom stereocenters. The Morgan fingerprint density at radius 1 is 1.02 bits per heavy atom. The second kappa shape index (κ2) is 21.0. The lowest BCUT2D eigenvalue weighted by Gasteiger charge is -2.44. The highest BCUT2D eigenvalue weighted by Crippen LogP contribution is 2.40. The van der Waals surface area contributed by atoms with Gasteiger partial charge in [0.15, 0.2) is 20.2 Å². The molecule has 1 aliphatic rings. The largest absolute Gasteiger partial charge is 0.497 e. The Labute approximate surface area is 323 Å². The zero-order valence-corrected chi connectivity index (χ0v) is 36.4. The Hall–Kier alpha value is -2.53. The van der Waals surface area contributed by atoms with Crippen molar-refractivity contribution in [2.24, 2.45) is 23.7 Å². The minimum Gasteiger partial charge on any atom is -0.497 e. The van der Waals surface area contributed by atoms with Crippen LogP contribution >= 0.6 is 0 Å². The molecule has 0 bridgehead atoms. The SMILES string of the molecule is C=CC[C@@H](C)/C=C/[C@H]1OC(C)(C)O[C@H]1C(=O)O[C@H](/C(C)=C/[C@@H](C)[C@H](O[Si](C)(C)C(C)(C)C)[C@H](C)[C@@H](CCOCc1ccc(OC)cc1)OC)[C@@H](C)C=C. The second-order valence-corrected chi connectivity index (χ2v) is 21.6. The maximum atomic E-state index is 13.9. The molecule has 53 heavy (non-hydrogen) atoms. The van der Waals surface area contributed by atoms with E-state index in [4.69, 9.17) is 32.8 Å². The lowest BCUT2D eigenvalue weighted by molar-refractivity contribution is -0.174. The number of ether oxygens (including phenoxy) is 6. The standard InChI is InChI=1S/C44H72O8Si/c1-17-19-30(3)20-25-38-41(51-44(11,12)50-38)42(45)49-39(31(4)18-2)32(5)28-33(6)40(52-53(15,16)43(8,9)10)34(7)37(47-14)26-27-48-29-35-21-23-36(46-13)24-22-35/h17-18,20-25,28,30-31,33-34,37-41H,1-2,19,26-27,29H2,3-16H3/b25-20+,32-28+/t30-,31+,33-,34-,37-,38-,39+,40+,41-/m1/s1. The summed E-state index contributed by atoms with van der Waals surface area (Å²) < 4.78 is 43.2. The number of esters is 1. The zero-order chi connectivity index (χ0) is 40.1. The minimum atomic E-state index is -2.21. The smallest absolute Gasteiger partial charge is 0.339 e. The maximum Gasteiger partial charge on any atom is 0.339 e. The minimum absolute atomic E-state index is 0.00844. The third-order valence-corrected chi connectivity index (χ3v) is 15.2. The van der Waals surface area contributed by atoms with Crippen molar-refractivity contribution in [3.63, 3.8) is 0 Å². The van der Waals surface area contributed by atoms with E-state index in [9.17, 15) is 4.79 Å². The van der Waals surface area contributed by atoms with Crippen molar-refractivity contribution in [1.29, 1.82) is 0 Å². The molecule has 0 aliphatic carbocycles. The van der Waals surface area contributed by atoms with Gasteiger partial charge in [-0.2, -0.15) is 0 Å². The monoisotopic (exact) mass is 756 g/mol. The van der Waals surface area contributed by atoms with Gasteiger partial charge < -0.3 is 32.8 Å². The number of benzene rings is 1. The number of hydrogen-bond acceptors (Lipinski definition) is 8. The summed E-state index contributed by atoms with van der Waals surface area (Å²) in [6.07, 6.45) is 9.12. The van der Waals surface area contributed by atoms with Crippen molar-refractivity contribution in [2.45, 2.75) is 143 Å². The first-order chi connectivity index (χ1) is 24.7. The number of carbonyl (C=O) groups is 1. The molecular weight excluding hydrogens is 685 g/mol. The molecule has 0 saturated carbocycles. The topological polar surface area (TPSA) is 81.7 Å². The zero-order valence-electron chi connectivity index (χ0n) is 35.4. The molecule has 0 aromatic heterocycles. The average molecular weight is 757 g/mol. The molecule has 300 valence electrons. The van der Waals surface area contributed by atoms with Gasteiger partial charge in [-0.05, 0) is 86.9 Å². The molecule has 0 spiro atoms. The van der Waals surface area contributed by atoms with Gasteiger partial charge in [-0.1, -0.05) is 91.0 Å². The van der Waals surface area contributed by atoms with Gasteiger partial charge in [-0.15, -0.1) is 13.2 Å². The van der Waals surface area contributed by atoms with E-state index < -0.39 is 38.4 Å². The Kier molecular flexibility index (Phi) is 18.4. The van der Waals surface area contributed by atoms with Crippen LogP contribution in [0.4, 0.5) is 0 Å². The van der Waals surface area contributed by atoms with Crippen molar-refractivity contribution < 1.29 is 37.6 Å². The molecule has 1 saturated heterocycles. The molecule has 0 radical (unpaired) electrons. The van der Waals surface area contributed by atoms with Crippen LogP contribution in [-0.4, -0.2) is 71.4 Å². The first-order valence-corrected chi connectivity index (χ1v) is 22.2. The molecular formula is C44H72O8Si. The summed E-state index contributed by atoms with van der Waals surface area (Å²) in [5.74, 6) is -0.444. The van der Waals surface area contributed by atoms with E-state index in [1.54, 1.807) is 14.2 Å². The van der Waals surface area contributed by atoms with Crippen LogP contribution in [0.5, 0.6) is 5.75 Å². The molecule has 0 amide bonds. The molecule has 2 rings (SSSR count). The predicted octanol–water partition coefficient (Wildman–Crippen LogP) is 10.2. The fourth-order valence-electron chi connectivity index (χ4n) is 6.42. The number of rotatable bonds is 22. The summed E-state index contributed by atoms with van der Waals surface area (Å²) in [5.41, 5.74) is 2.02. The third-order valence-electron chi connectivity index (χ3n) is 10.7. The van der Waals surface area contributed by atoms with Gasteiger partial charge in [0.25, 0.3) is 0 Å². The number of allylic oxidation sites excluding steroid dienone is 2. The van der Waals surface area contributed by atoms with Gasteiger partial charge in [0.1, 0.15) is 18.0 Å². The number of hydrogen-bond donors (Lipinski definition) is 0. The van der Waals surface area contributed by atoms with Crippen LogP contribution in [-0.2, 0) is 39.5 Å². The van der Waals surface area contributed by atoms with Crippen LogP contribution in [0.15, 0.2) is 73.4 Å². The Morgan fingerprint density at radius 3 is 2.21 bits per heavy atom. The van der Waals surface area contributed by atoms with Crippen LogP contribution < -0.4 is 4.74 Å². The first-order valence-electron chi connectivity index (χ1n) is 19.3. The van der Waals surface area contributed by atoms with Gasteiger partial charge in [0, 0.05) is 25.6 Å². The molecule has 1 heterocycles. The van der Waals surface area contributed by atoms with Gasteiger partial charge in [-0.3, -0.25) is 0 Å². The number of methoxy groups -OCH3 is 2. The second-order valence-electron chi connectivity index (χ2n) is 16.8. The highest BCUT2D eigenvalue weighted by molar-refractivity contribution is 6.74. The van der Waals surface area contributed by atoms with Crippen LogP contribution in [0.25, 0.3) is 0 Å². The summed E-state index contributed by atoms with van der Waals surface area (Å²) in [6.45, 7) is 34.4. The molecule has 8 nitrogen and oxygen atoms in total. The summed E-state index contributed by atoms with van der Waals surface area (Å²) in [5, 5.41) is 0.00844. The molecule has 9 atom stereocenters. The van der Waals surface area contributed by atoms with Crippen LogP contribution in [0.3, 0.4) is 0 Å². The van der Waals surface area contributed by atoms with Gasteiger partial charge in [0.05, 0.1) is 25.9 Å². The summed E-state index contributed by atoms with van der Waals surface area (Å²) in [4.78, 5) is 13.9. The highest BCUT2D eigenvalue weighted by Gasteiger charge is 2.46. The molecule has 1 fully saturated rings. The molecule has 1 aliphatic heterocycles. The maximum absolute atomic E-state index is 13.9. The molecule has 0 N–H and O–H groups in total. The lowest BCUT2D eigenvalue weighted by atomic mass is 9.85. The molecule has 1 aromatic carbocycles. The third kappa shape index (κ3) is 14.2. The summed E-state index contributed by atoms with van der Waals surface area (Å²) in [7, 11) is 1.22. The van der Waals surface area contributed by atoms with Gasteiger partial charge in [-0.25, -0.2) is 4.79 Å². The van der Waals surface area contributed by atoms with Gasteiger partial charge >= 0.3 is 5.97 Å². The van der Waals surface area contributed by atoms with Crippen molar-refractivity contribution in [2.75, 3.05) is 20.8 Å². The van der Waals surface area contributed by atoms with Gasteiger partial charge in [0.2, 0.25) is 0 Å². The van der Waals surface area contributed by atoms with E-state index in [-0.39, 0.29) is 40.9 Å². The number of carbonyl (C=O) groups excluding carboxylic acids is 1. The Bertz CT molecular complexity index is 1340. The Morgan fingerprint density at radius 2 is 1.66 bits per heavy atom. The summed E-state index contributed by atoms with van der Waals surface area (Å²) in [6, 6.07) is 7.92. The fourth-order valence-corrected chi connectivity index (χ4v) is 7.88. The van der Waals surface area contributed by atoms with Crippen molar-refractivity contribution in [1.82, 2.24) is 0 Å². The van der Waals surface area contributed by atoms with Crippen LogP contribution in [0, 0.1) is 23.7 Å². The van der Waals surface area contributed by atoms with E-state index in [0.717, 1.165) is 29.7 Å². The fraction of sp³-hybridized carbons (Fsp3) is 0.659. The average Bonchev–Trinajstić information content (AvgIpc) is 3.41. The van der Waals surface area contributed by atoms with Crippen LogP contribution in [0.1, 0.15) is 87.6 Å². The first kappa shape index (κ1) is 46.6. The van der Waals surface area contributed by atoms with Crippen molar-refractivity contribution in [3.8, 4) is 5.75 Å². The normalized spacial score (nSPS) is 22.0. The quantitative estimate of drug-likeness (QED) is 0.0501. The van der Waals surface area contributed by atoms with E-state index in [1.165, 1.54) is 0 Å². The van der Waals surface area contributed by atoms with Crippen molar-refractivity contribution >= 4 is 14.3 Å². The van der Waals surface area contributed by atoms with E-state index in [2.05, 4.69) is 73.9 Å². The lowest BCUT2D eigenvalue weighted by Crippen LogP contribution is -2.49. The molecule has 9 heteroatoms. The summed E-state index contributed by atoms with van der Waals surface area (Å²) >= 11 is 0. The van der Waals surface area contributed by atoms with E-state index in [1.807, 2.05) is 76.3 Å².